The van der Waals surface area contributed by atoms with Crippen molar-refractivity contribution < 1.29 is 24.9 Å². The maximum atomic E-state index is 11.6. The zero-order valence-electron chi connectivity index (χ0n) is 9.59. The van der Waals surface area contributed by atoms with E-state index in [1.54, 1.807) is 0 Å². The Morgan fingerprint density at radius 3 is 2.88 bits per heavy atom. The molecule has 0 bridgehead atoms. The number of aliphatic hydroxyl groups is 3. The van der Waals surface area contributed by atoms with Crippen LogP contribution in [0.15, 0.2) is 23.0 Å². The van der Waals surface area contributed by atoms with Crippen LogP contribution in [0.4, 0.5) is 0 Å². The smallest absolute Gasteiger partial charge is 0.342 e. The van der Waals surface area contributed by atoms with Crippen molar-refractivity contribution in [1.82, 2.24) is 0 Å². The Morgan fingerprint density at radius 2 is 2.24 bits per heavy atom. The lowest BCUT2D eigenvalue weighted by Gasteiger charge is -2.22. The van der Waals surface area contributed by atoms with Crippen LogP contribution in [0, 0.1) is 0 Å². The van der Waals surface area contributed by atoms with Gasteiger partial charge in [0, 0.05) is 5.57 Å². The Kier molecular flexibility index (Phi) is 3.33. The first-order chi connectivity index (χ1) is 8.04. The summed E-state index contributed by atoms with van der Waals surface area (Å²) in [4.78, 5) is 11.6. The van der Waals surface area contributed by atoms with Crippen molar-refractivity contribution in [2.24, 2.45) is 0 Å². The third-order valence-corrected chi connectivity index (χ3v) is 3.16. The summed E-state index contributed by atoms with van der Waals surface area (Å²) < 4.78 is 5.02. The first-order valence-electron chi connectivity index (χ1n) is 5.76. The van der Waals surface area contributed by atoms with Crippen LogP contribution in [0.2, 0.25) is 0 Å². The monoisotopic (exact) mass is 240 g/mol. The second kappa shape index (κ2) is 4.60. The van der Waals surface area contributed by atoms with E-state index in [2.05, 4.69) is 0 Å². The number of carbonyl (C=O) groups is 1. The van der Waals surface area contributed by atoms with Gasteiger partial charge in [0.1, 0.15) is 11.9 Å². The van der Waals surface area contributed by atoms with Gasteiger partial charge in [-0.2, -0.15) is 0 Å². The molecule has 0 aromatic heterocycles. The van der Waals surface area contributed by atoms with Gasteiger partial charge in [-0.15, -0.1) is 0 Å². The maximum absolute atomic E-state index is 11.6. The van der Waals surface area contributed by atoms with Crippen molar-refractivity contribution in [2.45, 2.75) is 44.5 Å². The van der Waals surface area contributed by atoms with E-state index in [1.165, 1.54) is 6.08 Å². The lowest BCUT2D eigenvalue weighted by atomic mass is 9.87. The molecule has 5 heteroatoms. The highest BCUT2D eigenvalue weighted by atomic mass is 16.5. The van der Waals surface area contributed by atoms with Crippen molar-refractivity contribution in [3.63, 3.8) is 0 Å². The van der Waals surface area contributed by atoms with Gasteiger partial charge in [0.2, 0.25) is 0 Å². The minimum Gasteiger partial charge on any atom is -0.423 e. The Morgan fingerprint density at radius 1 is 1.53 bits per heavy atom. The van der Waals surface area contributed by atoms with E-state index in [0.717, 1.165) is 0 Å². The van der Waals surface area contributed by atoms with E-state index in [0.29, 0.717) is 30.6 Å². The molecule has 2 rings (SSSR count). The average Bonchev–Trinajstić information content (AvgIpc) is 2.61. The molecule has 3 N–H and O–H groups in total. The van der Waals surface area contributed by atoms with Gasteiger partial charge >= 0.3 is 5.97 Å². The maximum Gasteiger partial charge on any atom is 0.342 e. The van der Waals surface area contributed by atoms with Crippen LogP contribution < -0.4 is 0 Å². The minimum atomic E-state index is -1.18. The van der Waals surface area contributed by atoms with Gasteiger partial charge in [-0.3, -0.25) is 0 Å². The van der Waals surface area contributed by atoms with E-state index in [1.807, 2.05) is 6.92 Å². The van der Waals surface area contributed by atoms with Crippen LogP contribution in [0.1, 0.15) is 26.2 Å². The number of carbonyl (C=O) groups excluding carboxylic acids is 1. The molecule has 0 spiro atoms. The lowest BCUT2D eigenvalue weighted by molar-refractivity contribution is -0.135. The molecule has 0 fully saturated rings. The first kappa shape index (κ1) is 12.3. The summed E-state index contributed by atoms with van der Waals surface area (Å²) in [6, 6.07) is 0. The molecule has 0 amide bonds. The highest BCUT2D eigenvalue weighted by molar-refractivity contribution is 5.96. The van der Waals surface area contributed by atoms with Gasteiger partial charge in [-0.25, -0.2) is 4.79 Å². The molecule has 1 heterocycles. The molecule has 0 saturated carbocycles. The van der Waals surface area contributed by atoms with Gasteiger partial charge in [0.15, 0.2) is 0 Å². The summed E-state index contributed by atoms with van der Waals surface area (Å²) in [5, 5.41) is 28.7. The van der Waals surface area contributed by atoms with E-state index in [-0.39, 0.29) is 5.57 Å². The van der Waals surface area contributed by atoms with Crippen molar-refractivity contribution in [2.75, 3.05) is 0 Å². The fourth-order valence-electron chi connectivity index (χ4n) is 2.10. The number of esters is 1. The molecule has 94 valence electrons. The topological polar surface area (TPSA) is 87.0 Å². The predicted molar refractivity (Wildman–Crippen MR) is 58.7 cm³/mol. The highest BCUT2D eigenvalue weighted by Crippen LogP contribution is 2.37. The fourth-order valence-corrected chi connectivity index (χ4v) is 2.10. The van der Waals surface area contributed by atoms with E-state index < -0.39 is 24.3 Å². The number of rotatable bonds is 2. The SMILES string of the molecule is CC[C@H](O)/C=C1\OC(=O)C2=C1CC[C@H](O)[C@H]2O. The zero-order chi connectivity index (χ0) is 12.6. The van der Waals surface area contributed by atoms with Crippen molar-refractivity contribution in [3.8, 4) is 0 Å². The first-order valence-corrected chi connectivity index (χ1v) is 5.76. The second-order valence-electron chi connectivity index (χ2n) is 4.34. The van der Waals surface area contributed by atoms with Gasteiger partial charge in [0.05, 0.1) is 17.8 Å². The number of allylic oxidation sites excluding steroid dienone is 1. The molecule has 0 saturated heterocycles. The second-order valence-corrected chi connectivity index (χ2v) is 4.34. The molecule has 5 nitrogen and oxygen atoms in total. The van der Waals surface area contributed by atoms with Gasteiger partial charge in [0.25, 0.3) is 0 Å². The fraction of sp³-hybridized carbons (Fsp3) is 0.583. The molecule has 1 aliphatic carbocycles. The predicted octanol–water partition coefficient (Wildman–Crippen LogP) is 0.0102. The van der Waals surface area contributed by atoms with Crippen LogP contribution >= 0.6 is 0 Å². The molecule has 0 aromatic rings. The van der Waals surface area contributed by atoms with Crippen LogP contribution in [0.25, 0.3) is 0 Å². The molecule has 17 heavy (non-hydrogen) atoms. The number of hydrogen-bond donors (Lipinski definition) is 3. The summed E-state index contributed by atoms with van der Waals surface area (Å²) in [6.07, 6.45) is 0.0818. The number of ether oxygens (including phenoxy) is 1. The quantitative estimate of drug-likeness (QED) is 0.592. The summed E-state index contributed by atoms with van der Waals surface area (Å²) in [5.74, 6) is -0.300. The summed E-state index contributed by atoms with van der Waals surface area (Å²) >= 11 is 0. The van der Waals surface area contributed by atoms with Gasteiger partial charge in [-0.1, -0.05) is 6.92 Å². The molecule has 0 unspecified atom stereocenters. The molecular formula is C12H16O5. The van der Waals surface area contributed by atoms with Crippen LogP contribution in [-0.2, 0) is 9.53 Å². The minimum absolute atomic E-state index is 0.137. The molecule has 2 aliphatic rings. The van der Waals surface area contributed by atoms with Crippen LogP contribution in [0.3, 0.4) is 0 Å². The number of aliphatic hydroxyl groups excluding tert-OH is 3. The number of hydrogen-bond acceptors (Lipinski definition) is 5. The zero-order valence-corrected chi connectivity index (χ0v) is 9.59. The van der Waals surface area contributed by atoms with Crippen molar-refractivity contribution in [3.05, 3.63) is 23.0 Å². The Hall–Kier alpha value is -1.17. The molecular weight excluding hydrogens is 224 g/mol. The molecule has 0 aromatic carbocycles. The summed E-state index contributed by atoms with van der Waals surface area (Å²) in [7, 11) is 0. The standard InChI is InChI=1S/C12H16O5/c1-2-6(13)5-9-7-3-4-8(14)11(15)10(7)12(16)17-9/h5-6,8,11,13-15H,2-4H2,1H3/b9-5-/t6-,8-,11+/m0/s1. The largest absolute Gasteiger partial charge is 0.423 e. The summed E-state index contributed by atoms with van der Waals surface area (Å²) in [5.41, 5.74) is 0.749. The Bertz CT molecular complexity index is 396. The average molecular weight is 240 g/mol. The highest BCUT2D eigenvalue weighted by Gasteiger charge is 2.40. The lowest BCUT2D eigenvalue weighted by Crippen LogP contribution is -2.33. The third-order valence-electron chi connectivity index (χ3n) is 3.16. The molecule has 1 aliphatic heterocycles. The van der Waals surface area contributed by atoms with E-state index in [4.69, 9.17) is 4.74 Å². The normalized spacial score (nSPS) is 32.7. The summed E-state index contributed by atoms with van der Waals surface area (Å²) in [6.45, 7) is 1.81. The molecule has 0 radical (unpaired) electrons. The van der Waals surface area contributed by atoms with Crippen molar-refractivity contribution >= 4 is 5.97 Å². The van der Waals surface area contributed by atoms with Gasteiger partial charge < -0.3 is 20.1 Å². The van der Waals surface area contributed by atoms with Crippen LogP contribution in [0.5, 0.6) is 0 Å². The van der Waals surface area contributed by atoms with Crippen LogP contribution in [-0.4, -0.2) is 39.6 Å². The molecule has 3 atom stereocenters. The Balaban J connectivity index is 2.34. The number of cyclic esters (lactones) is 1. The Labute approximate surface area is 99.0 Å². The van der Waals surface area contributed by atoms with Crippen molar-refractivity contribution in [1.29, 1.82) is 0 Å². The third kappa shape index (κ3) is 2.13. The van der Waals surface area contributed by atoms with E-state index in [9.17, 15) is 20.1 Å². The van der Waals surface area contributed by atoms with E-state index >= 15 is 0 Å². The van der Waals surface area contributed by atoms with Gasteiger partial charge in [-0.05, 0) is 25.3 Å².